The van der Waals surface area contributed by atoms with Crippen LogP contribution in [0, 0.1) is 5.92 Å². The van der Waals surface area contributed by atoms with Gasteiger partial charge in [-0.3, -0.25) is 0 Å². The Labute approximate surface area is 97.9 Å². The highest BCUT2D eigenvalue weighted by Gasteiger charge is 2.09. The molecule has 0 bridgehead atoms. The quantitative estimate of drug-likeness (QED) is 0.775. The largest absolute Gasteiger partial charge is 0.396 e. The lowest BCUT2D eigenvalue weighted by Crippen LogP contribution is -2.08. The minimum absolute atomic E-state index is 0.00120. The second-order valence-electron chi connectivity index (χ2n) is 4.52. The highest BCUT2D eigenvalue weighted by Crippen LogP contribution is 2.17. The Bertz CT molecular complexity index is 288. The van der Waals surface area contributed by atoms with Gasteiger partial charge >= 0.3 is 0 Å². The highest BCUT2D eigenvalue weighted by molar-refractivity contribution is 5.25. The van der Waals surface area contributed by atoms with Crippen LogP contribution in [0.5, 0.6) is 0 Å². The molecule has 2 heteroatoms. The Morgan fingerprint density at radius 1 is 1.06 bits per heavy atom. The van der Waals surface area contributed by atoms with Gasteiger partial charge < -0.3 is 10.2 Å². The fraction of sp³-hybridized carbons (Fsp3) is 0.571. The first kappa shape index (κ1) is 13.2. The van der Waals surface area contributed by atoms with E-state index < -0.39 is 0 Å². The van der Waals surface area contributed by atoms with E-state index >= 15 is 0 Å². The zero-order valence-electron chi connectivity index (χ0n) is 10.2. The van der Waals surface area contributed by atoms with Crippen molar-refractivity contribution < 1.29 is 10.2 Å². The summed E-state index contributed by atoms with van der Waals surface area (Å²) >= 11 is 0. The van der Waals surface area contributed by atoms with Crippen LogP contribution in [-0.4, -0.2) is 23.4 Å². The van der Waals surface area contributed by atoms with Crippen LogP contribution in [0.2, 0.25) is 0 Å². The van der Waals surface area contributed by atoms with Crippen LogP contribution in [0.1, 0.15) is 37.3 Å². The van der Waals surface area contributed by atoms with Crippen LogP contribution in [0.15, 0.2) is 24.3 Å². The van der Waals surface area contributed by atoms with Gasteiger partial charge in [0.15, 0.2) is 0 Å². The van der Waals surface area contributed by atoms with Gasteiger partial charge in [0, 0.05) is 5.92 Å². The van der Waals surface area contributed by atoms with Crippen molar-refractivity contribution in [2.24, 2.45) is 5.92 Å². The van der Waals surface area contributed by atoms with Gasteiger partial charge in [-0.25, -0.2) is 0 Å². The third-order valence-electron chi connectivity index (χ3n) is 3.17. The van der Waals surface area contributed by atoms with Crippen molar-refractivity contribution >= 4 is 0 Å². The van der Waals surface area contributed by atoms with E-state index in [0.29, 0.717) is 5.92 Å². The van der Waals surface area contributed by atoms with Gasteiger partial charge in [0.1, 0.15) is 0 Å². The monoisotopic (exact) mass is 222 g/mol. The van der Waals surface area contributed by atoms with Crippen LogP contribution < -0.4 is 0 Å². The van der Waals surface area contributed by atoms with Gasteiger partial charge in [0.2, 0.25) is 0 Å². The number of aliphatic hydroxyl groups excluding tert-OH is 2. The molecule has 2 N–H and O–H groups in total. The lowest BCUT2D eigenvalue weighted by atomic mass is 9.95. The highest BCUT2D eigenvalue weighted by atomic mass is 16.3. The average Bonchev–Trinajstić information content (AvgIpc) is 2.32. The molecule has 0 aromatic heterocycles. The fourth-order valence-electron chi connectivity index (χ4n) is 1.74. The number of benzene rings is 1. The molecule has 0 heterocycles. The van der Waals surface area contributed by atoms with Crippen LogP contribution in [0.25, 0.3) is 0 Å². The third-order valence-corrected chi connectivity index (χ3v) is 3.17. The van der Waals surface area contributed by atoms with Crippen molar-refractivity contribution in [3.05, 3.63) is 35.4 Å². The van der Waals surface area contributed by atoms with Gasteiger partial charge in [-0.1, -0.05) is 44.5 Å². The van der Waals surface area contributed by atoms with Crippen molar-refractivity contribution in [3.8, 4) is 0 Å². The molecule has 0 aliphatic heterocycles. The zero-order chi connectivity index (χ0) is 12.0. The van der Waals surface area contributed by atoms with Crippen LogP contribution in [0.4, 0.5) is 0 Å². The SMILES string of the molecule is CC[C@@H](C)Cc1ccc(C(CO)CO)cc1. The number of hydrogen-bond donors (Lipinski definition) is 2. The molecular weight excluding hydrogens is 200 g/mol. The van der Waals surface area contributed by atoms with E-state index in [2.05, 4.69) is 26.0 Å². The first-order valence-electron chi connectivity index (χ1n) is 6.01. The lowest BCUT2D eigenvalue weighted by Gasteiger charge is -2.13. The molecule has 1 aromatic carbocycles. The first-order valence-corrected chi connectivity index (χ1v) is 6.01. The van der Waals surface area contributed by atoms with E-state index in [9.17, 15) is 0 Å². The van der Waals surface area contributed by atoms with Crippen LogP contribution >= 0.6 is 0 Å². The van der Waals surface area contributed by atoms with Gasteiger partial charge in [-0.2, -0.15) is 0 Å². The number of rotatable bonds is 6. The van der Waals surface area contributed by atoms with Crippen molar-refractivity contribution in [2.75, 3.05) is 13.2 Å². The molecule has 0 amide bonds. The summed E-state index contributed by atoms with van der Waals surface area (Å²) in [7, 11) is 0. The maximum absolute atomic E-state index is 9.07. The molecular formula is C14H22O2. The summed E-state index contributed by atoms with van der Waals surface area (Å²) in [4.78, 5) is 0. The standard InChI is InChI=1S/C14H22O2/c1-3-11(2)8-12-4-6-13(7-5-12)14(9-15)10-16/h4-7,11,14-16H,3,8-10H2,1-2H3/t11-/m1/s1. The second kappa shape index (κ2) is 6.66. The third kappa shape index (κ3) is 3.62. The molecule has 1 atom stereocenters. The summed E-state index contributed by atoms with van der Waals surface area (Å²) in [5, 5.41) is 18.1. The maximum atomic E-state index is 9.07. The molecule has 0 saturated carbocycles. The average molecular weight is 222 g/mol. The molecule has 0 fully saturated rings. The van der Waals surface area contributed by atoms with E-state index in [1.165, 1.54) is 12.0 Å². The molecule has 0 aliphatic carbocycles. The molecule has 0 spiro atoms. The number of aliphatic hydroxyl groups is 2. The Hall–Kier alpha value is -0.860. The second-order valence-corrected chi connectivity index (χ2v) is 4.52. The van der Waals surface area contributed by atoms with E-state index in [1.54, 1.807) is 0 Å². The molecule has 0 unspecified atom stereocenters. The topological polar surface area (TPSA) is 40.5 Å². The predicted octanol–water partition coefficient (Wildman–Crippen LogP) is 2.34. The summed E-state index contributed by atoms with van der Waals surface area (Å²) in [5.74, 6) is 0.565. The zero-order valence-corrected chi connectivity index (χ0v) is 10.2. The van der Waals surface area contributed by atoms with Crippen molar-refractivity contribution in [3.63, 3.8) is 0 Å². The van der Waals surface area contributed by atoms with E-state index in [1.807, 2.05) is 12.1 Å². The van der Waals surface area contributed by atoms with E-state index in [0.717, 1.165) is 12.0 Å². The van der Waals surface area contributed by atoms with Gasteiger partial charge in [0.25, 0.3) is 0 Å². The Kier molecular flexibility index (Phi) is 5.50. The van der Waals surface area contributed by atoms with Gasteiger partial charge in [-0.15, -0.1) is 0 Å². The minimum atomic E-state index is -0.141. The van der Waals surface area contributed by atoms with Gasteiger partial charge in [-0.05, 0) is 23.5 Å². The van der Waals surface area contributed by atoms with Crippen molar-refractivity contribution in [1.82, 2.24) is 0 Å². The van der Waals surface area contributed by atoms with Crippen LogP contribution in [0.3, 0.4) is 0 Å². The van der Waals surface area contributed by atoms with Crippen molar-refractivity contribution in [1.29, 1.82) is 0 Å². The Balaban J connectivity index is 2.67. The Morgan fingerprint density at radius 3 is 2.06 bits per heavy atom. The lowest BCUT2D eigenvalue weighted by molar-refractivity contribution is 0.192. The minimum Gasteiger partial charge on any atom is -0.396 e. The molecule has 0 radical (unpaired) electrons. The molecule has 0 aliphatic rings. The first-order chi connectivity index (χ1) is 7.71. The smallest absolute Gasteiger partial charge is 0.0521 e. The summed E-state index contributed by atoms with van der Waals surface area (Å²) in [5.41, 5.74) is 2.34. The molecule has 1 rings (SSSR count). The van der Waals surface area contributed by atoms with E-state index in [4.69, 9.17) is 10.2 Å². The molecule has 16 heavy (non-hydrogen) atoms. The molecule has 2 nitrogen and oxygen atoms in total. The fourth-order valence-corrected chi connectivity index (χ4v) is 1.74. The normalized spacial score (nSPS) is 13.1. The molecule has 90 valence electrons. The Morgan fingerprint density at radius 2 is 1.62 bits per heavy atom. The summed E-state index contributed by atoms with van der Waals surface area (Å²) < 4.78 is 0. The van der Waals surface area contributed by atoms with Gasteiger partial charge in [0.05, 0.1) is 13.2 Å². The summed E-state index contributed by atoms with van der Waals surface area (Å²) in [6, 6.07) is 8.21. The maximum Gasteiger partial charge on any atom is 0.0521 e. The summed E-state index contributed by atoms with van der Waals surface area (Å²) in [6.45, 7) is 4.45. The summed E-state index contributed by atoms with van der Waals surface area (Å²) in [6.07, 6.45) is 2.29. The predicted molar refractivity (Wildman–Crippen MR) is 66.5 cm³/mol. The number of hydrogen-bond acceptors (Lipinski definition) is 2. The van der Waals surface area contributed by atoms with E-state index in [-0.39, 0.29) is 19.1 Å². The molecule has 0 saturated heterocycles. The van der Waals surface area contributed by atoms with Crippen LogP contribution in [-0.2, 0) is 6.42 Å². The molecule has 1 aromatic rings. The van der Waals surface area contributed by atoms with Crippen molar-refractivity contribution in [2.45, 2.75) is 32.6 Å².